The van der Waals surface area contributed by atoms with Crippen LogP contribution in [0.15, 0.2) is 77.8 Å². The molecule has 184 valence electrons. The fourth-order valence-electron chi connectivity index (χ4n) is 4.03. The van der Waals surface area contributed by atoms with E-state index in [1.807, 2.05) is 66.5 Å². The summed E-state index contributed by atoms with van der Waals surface area (Å²) in [4.78, 5) is 33.4. The maximum absolute atomic E-state index is 12.0. The predicted octanol–water partition coefficient (Wildman–Crippen LogP) is 4.01. The predicted molar refractivity (Wildman–Crippen MR) is 140 cm³/mol. The van der Waals surface area contributed by atoms with Crippen LogP contribution in [0.5, 0.6) is 5.88 Å². The molecule has 0 atom stereocenters. The molecule has 0 bridgehead atoms. The van der Waals surface area contributed by atoms with Crippen LogP contribution in [0.1, 0.15) is 27.0 Å². The Morgan fingerprint density at radius 1 is 1.03 bits per heavy atom. The monoisotopic (exact) mass is 484 g/mol. The largest absolute Gasteiger partial charge is 0.494 e. The van der Waals surface area contributed by atoms with Crippen LogP contribution in [0, 0.1) is 0 Å². The van der Waals surface area contributed by atoms with E-state index in [0.29, 0.717) is 41.1 Å². The van der Waals surface area contributed by atoms with Gasteiger partial charge in [-0.15, -0.1) is 0 Å². The number of ether oxygens (including phenoxy) is 1. The summed E-state index contributed by atoms with van der Waals surface area (Å²) in [6.45, 7) is 0.931. The highest BCUT2D eigenvalue weighted by atomic mass is 16.5. The Morgan fingerprint density at radius 2 is 1.75 bits per heavy atom. The zero-order valence-electron chi connectivity index (χ0n) is 20.4. The number of hydrogen-bond donors (Lipinski definition) is 3. The lowest BCUT2D eigenvalue weighted by molar-refractivity contribution is -0.121. The number of carbonyl (C=O) groups is 2. The first-order valence-corrected chi connectivity index (χ1v) is 11.4. The van der Waals surface area contributed by atoms with E-state index in [4.69, 9.17) is 9.73 Å². The van der Waals surface area contributed by atoms with Gasteiger partial charge in [0.25, 0.3) is 0 Å². The summed E-state index contributed by atoms with van der Waals surface area (Å²) in [5.41, 5.74) is 4.71. The Bertz CT molecular complexity index is 1410. The molecule has 4 rings (SSSR count). The smallest absolute Gasteiger partial charge is 0.337 e. The summed E-state index contributed by atoms with van der Waals surface area (Å²) in [5, 5.41) is 14.2. The average molecular weight is 485 g/mol. The van der Waals surface area contributed by atoms with Gasteiger partial charge < -0.3 is 20.1 Å². The normalized spacial score (nSPS) is 11.6. The van der Waals surface area contributed by atoms with Crippen molar-refractivity contribution >= 4 is 34.2 Å². The van der Waals surface area contributed by atoms with Crippen LogP contribution in [0.3, 0.4) is 0 Å². The van der Waals surface area contributed by atoms with Crippen molar-refractivity contribution in [2.75, 3.05) is 27.7 Å². The molecule has 0 fully saturated rings. The highest BCUT2D eigenvalue weighted by Crippen LogP contribution is 2.32. The molecule has 3 aromatic carbocycles. The van der Waals surface area contributed by atoms with E-state index in [1.54, 1.807) is 25.2 Å². The molecule has 0 saturated heterocycles. The molecule has 0 radical (unpaired) electrons. The van der Waals surface area contributed by atoms with Crippen molar-refractivity contribution in [3.8, 4) is 5.88 Å². The van der Waals surface area contributed by atoms with Crippen molar-refractivity contribution in [1.29, 1.82) is 0 Å². The van der Waals surface area contributed by atoms with Crippen molar-refractivity contribution in [3.05, 3.63) is 95.1 Å². The lowest BCUT2D eigenvalue weighted by atomic mass is 10.00. The molecule has 0 aliphatic heterocycles. The van der Waals surface area contributed by atoms with E-state index in [1.165, 1.54) is 7.11 Å². The van der Waals surface area contributed by atoms with E-state index in [2.05, 4.69) is 10.3 Å². The SMILES string of the molecule is CNC(=O)CN(C)Cc1ccc(N=C(c2ccccc2)c2c(O)[nH]c3cc(C(=O)OC)ccc23)cc1. The first-order valence-electron chi connectivity index (χ1n) is 11.4. The van der Waals surface area contributed by atoms with E-state index >= 15 is 0 Å². The Balaban J connectivity index is 1.72. The standard InChI is InChI=1S/C28H28N4O4/c1-29-24(33)17-32(2)16-18-9-12-21(13-10-18)30-26(19-7-5-4-6-8-19)25-22-14-11-20(28(35)36-3)15-23(22)31-27(25)34/h4-15,31,34H,16-17H2,1-3H3,(H,29,33). The third kappa shape index (κ3) is 5.45. The fourth-order valence-corrected chi connectivity index (χ4v) is 4.03. The van der Waals surface area contributed by atoms with Gasteiger partial charge in [-0.2, -0.15) is 0 Å². The highest BCUT2D eigenvalue weighted by molar-refractivity contribution is 6.22. The van der Waals surface area contributed by atoms with Crippen LogP contribution in [-0.2, 0) is 16.1 Å². The van der Waals surface area contributed by atoms with E-state index < -0.39 is 5.97 Å². The molecular formula is C28H28N4O4. The Kier molecular flexibility index (Phi) is 7.46. The van der Waals surface area contributed by atoms with Gasteiger partial charge in [-0.1, -0.05) is 48.5 Å². The number of aliphatic imine (C=N–C) groups is 1. The maximum atomic E-state index is 12.0. The van der Waals surface area contributed by atoms with Crippen molar-refractivity contribution in [2.45, 2.75) is 6.54 Å². The van der Waals surface area contributed by atoms with Gasteiger partial charge in [0.15, 0.2) is 5.88 Å². The Morgan fingerprint density at radius 3 is 2.42 bits per heavy atom. The molecule has 0 aliphatic carbocycles. The summed E-state index contributed by atoms with van der Waals surface area (Å²) in [5.74, 6) is -0.531. The molecule has 3 N–H and O–H groups in total. The van der Waals surface area contributed by atoms with Crippen LogP contribution in [-0.4, -0.2) is 60.3 Å². The molecule has 0 unspecified atom stereocenters. The minimum atomic E-state index is -0.453. The van der Waals surface area contributed by atoms with Crippen LogP contribution >= 0.6 is 0 Å². The number of methoxy groups -OCH3 is 1. The quantitative estimate of drug-likeness (QED) is 0.259. The van der Waals surface area contributed by atoms with E-state index in [-0.39, 0.29) is 11.8 Å². The number of carbonyl (C=O) groups excluding carboxylic acids is 2. The highest BCUT2D eigenvalue weighted by Gasteiger charge is 2.20. The number of aromatic amines is 1. The van der Waals surface area contributed by atoms with Gasteiger partial charge in [0.1, 0.15) is 0 Å². The number of nitrogens with zero attached hydrogens (tertiary/aromatic N) is 2. The summed E-state index contributed by atoms with van der Waals surface area (Å²) >= 11 is 0. The van der Waals surface area contributed by atoms with Gasteiger partial charge in [0, 0.05) is 30.1 Å². The molecule has 1 heterocycles. The van der Waals surface area contributed by atoms with Gasteiger partial charge in [-0.3, -0.25) is 9.69 Å². The van der Waals surface area contributed by atoms with Crippen LogP contribution in [0.25, 0.3) is 10.9 Å². The van der Waals surface area contributed by atoms with E-state index in [9.17, 15) is 14.7 Å². The number of fused-ring (bicyclic) bond motifs is 1. The topological polar surface area (TPSA) is 107 Å². The first kappa shape index (κ1) is 24.7. The van der Waals surface area contributed by atoms with Crippen LogP contribution in [0.4, 0.5) is 5.69 Å². The molecule has 0 spiro atoms. The number of benzene rings is 3. The van der Waals surface area contributed by atoms with Gasteiger partial charge in [0.05, 0.1) is 36.2 Å². The van der Waals surface area contributed by atoms with Gasteiger partial charge in [-0.05, 0) is 36.9 Å². The van der Waals surface area contributed by atoms with Crippen molar-refractivity contribution in [3.63, 3.8) is 0 Å². The summed E-state index contributed by atoms with van der Waals surface area (Å²) in [6.07, 6.45) is 0. The average Bonchev–Trinajstić information content (AvgIpc) is 3.22. The summed E-state index contributed by atoms with van der Waals surface area (Å²) in [7, 11) is 4.84. The number of rotatable bonds is 8. The number of aromatic nitrogens is 1. The number of hydrogen-bond acceptors (Lipinski definition) is 6. The molecule has 8 nitrogen and oxygen atoms in total. The lowest BCUT2D eigenvalue weighted by Crippen LogP contribution is -2.32. The minimum absolute atomic E-state index is 0.0385. The number of aromatic hydroxyl groups is 1. The van der Waals surface area contributed by atoms with Crippen LogP contribution in [0.2, 0.25) is 0 Å². The molecule has 0 saturated carbocycles. The van der Waals surface area contributed by atoms with Gasteiger partial charge >= 0.3 is 5.97 Å². The Hall–Kier alpha value is -4.43. The third-order valence-electron chi connectivity index (χ3n) is 5.81. The van der Waals surface area contributed by atoms with Crippen molar-refractivity contribution in [2.24, 2.45) is 4.99 Å². The molecule has 4 aromatic rings. The molecule has 0 aliphatic rings. The van der Waals surface area contributed by atoms with E-state index in [0.717, 1.165) is 16.5 Å². The zero-order chi connectivity index (χ0) is 25.7. The van der Waals surface area contributed by atoms with Gasteiger partial charge in [-0.25, -0.2) is 9.79 Å². The second kappa shape index (κ2) is 10.9. The number of esters is 1. The first-order chi connectivity index (χ1) is 17.4. The molecule has 1 aromatic heterocycles. The minimum Gasteiger partial charge on any atom is -0.494 e. The third-order valence-corrected chi connectivity index (χ3v) is 5.81. The molecular weight excluding hydrogens is 456 g/mol. The second-order valence-electron chi connectivity index (χ2n) is 8.44. The molecule has 8 heteroatoms. The van der Waals surface area contributed by atoms with Gasteiger partial charge in [0.2, 0.25) is 5.91 Å². The number of nitrogens with one attached hydrogen (secondary N) is 2. The number of H-pyrrole nitrogens is 1. The Labute approximate surface area is 209 Å². The van der Waals surface area contributed by atoms with Crippen molar-refractivity contribution in [1.82, 2.24) is 15.2 Å². The fraction of sp³-hybridized carbons (Fsp3) is 0.179. The summed E-state index contributed by atoms with van der Waals surface area (Å²) in [6, 6.07) is 22.5. The zero-order valence-corrected chi connectivity index (χ0v) is 20.4. The number of amides is 1. The second-order valence-corrected chi connectivity index (χ2v) is 8.44. The molecule has 36 heavy (non-hydrogen) atoms. The lowest BCUT2D eigenvalue weighted by Gasteiger charge is -2.15. The van der Waals surface area contributed by atoms with Crippen molar-refractivity contribution < 1.29 is 19.4 Å². The summed E-state index contributed by atoms with van der Waals surface area (Å²) < 4.78 is 4.81. The number of likely N-dealkylation sites (N-methyl/N-ethyl adjacent to an activating group) is 2. The van der Waals surface area contributed by atoms with Crippen LogP contribution < -0.4 is 5.32 Å². The molecule has 1 amide bonds. The maximum Gasteiger partial charge on any atom is 0.337 e.